The van der Waals surface area contributed by atoms with Crippen LogP contribution in [0.1, 0.15) is 10.4 Å². The number of hydrogen-bond acceptors (Lipinski definition) is 6. The van der Waals surface area contributed by atoms with Crippen molar-refractivity contribution in [3.05, 3.63) is 29.8 Å². The first-order chi connectivity index (χ1) is 11.9. The number of amides is 3. The first kappa shape index (κ1) is 19.9. The third-order valence-corrected chi connectivity index (χ3v) is 3.19. The molecule has 0 aliphatic rings. The van der Waals surface area contributed by atoms with E-state index in [1.54, 1.807) is 24.3 Å². The lowest BCUT2D eigenvalue weighted by atomic mass is 10.2. The fraction of sp³-hybridized carbons (Fsp3) is 0.375. The molecule has 0 radical (unpaired) electrons. The third kappa shape index (κ3) is 6.50. The summed E-state index contributed by atoms with van der Waals surface area (Å²) >= 11 is 0. The van der Waals surface area contributed by atoms with Crippen LogP contribution in [0.15, 0.2) is 24.3 Å². The van der Waals surface area contributed by atoms with E-state index in [-0.39, 0.29) is 18.0 Å². The van der Waals surface area contributed by atoms with Crippen LogP contribution in [0.2, 0.25) is 0 Å². The molecule has 0 atom stereocenters. The van der Waals surface area contributed by atoms with Gasteiger partial charge in [0.15, 0.2) is 6.61 Å². The lowest BCUT2D eigenvalue weighted by Gasteiger charge is -2.16. The van der Waals surface area contributed by atoms with Crippen molar-refractivity contribution in [2.75, 3.05) is 40.9 Å². The Hall–Kier alpha value is -3.10. The molecule has 0 aliphatic heterocycles. The molecule has 0 aromatic heterocycles. The summed E-state index contributed by atoms with van der Waals surface area (Å²) in [5.74, 6) is -1.78. The minimum Gasteiger partial charge on any atom is -0.496 e. The van der Waals surface area contributed by atoms with Crippen LogP contribution < -0.4 is 15.4 Å². The molecule has 9 heteroatoms. The number of rotatable bonds is 8. The van der Waals surface area contributed by atoms with Gasteiger partial charge in [0, 0.05) is 14.1 Å². The van der Waals surface area contributed by atoms with Crippen LogP contribution in [0.3, 0.4) is 0 Å². The molecule has 9 nitrogen and oxygen atoms in total. The van der Waals surface area contributed by atoms with E-state index in [9.17, 15) is 19.2 Å². The summed E-state index contributed by atoms with van der Waals surface area (Å²) in [5.41, 5.74) is 0.277. The Morgan fingerprint density at radius 3 is 2.48 bits per heavy atom. The van der Waals surface area contributed by atoms with Crippen molar-refractivity contribution in [3.63, 3.8) is 0 Å². The molecule has 1 aromatic carbocycles. The smallest absolute Gasteiger partial charge is 0.325 e. The Kier molecular flexibility index (Phi) is 7.91. The van der Waals surface area contributed by atoms with E-state index >= 15 is 0 Å². The predicted molar refractivity (Wildman–Crippen MR) is 88.0 cm³/mol. The average Bonchev–Trinajstić information content (AvgIpc) is 2.63. The van der Waals surface area contributed by atoms with Crippen LogP contribution in [0.25, 0.3) is 0 Å². The molecule has 0 bridgehead atoms. The summed E-state index contributed by atoms with van der Waals surface area (Å²) in [5, 5.41) is 4.76. The second kappa shape index (κ2) is 9.91. The van der Waals surface area contributed by atoms with Gasteiger partial charge < -0.3 is 25.0 Å². The van der Waals surface area contributed by atoms with Crippen molar-refractivity contribution >= 4 is 23.7 Å². The minimum absolute atomic E-state index is 0.141. The molecular weight excluding hydrogens is 330 g/mol. The Bertz CT molecular complexity index is 647. The highest BCUT2D eigenvalue weighted by Crippen LogP contribution is 2.16. The molecule has 0 spiro atoms. The first-order valence-electron chi connectivity index (χ1n) is 7.40. The number of carbonyl (C=O) groups excluding carboxylic acids is 4. The predicted octanol–water partition coefficient (Wildman–Crippen LogP) is -0.827. The number of likely N-dealkylation sites (N-methyl/N-ethyl adjacent to an activating group) is 2. The normalized spacial score (nSPS) is 9.72. The van der Waals surface area contributed by atoms with Gasteiger partial charge in [0.25, 0.3) is 11.8 Å². The molecule has 0 saturated heterocycles. The monoisotopic (exact) mass is 351 g/mol. The summed E-state index contributed by atoms with van der Waals surface area (Å²) in [6.07, 6.45) is 0. The number of hydrogen-bond donors (Lipinski definition) is 2. The van der Waals surface area contributed by atoms with Gasteiger partial charge in [0.2, 0.25) is 5.91 Å². The fourth-order valence-corrected chi connectivity index (χ4v) is 1.77. The zero-order valence-corrected chi connectivity index (χ0v) is 14.3. The number of benzene rings is 1. The number of methoxy groups -OCH3 is 1. The molecule has 0 aliphatic carbocycles. The van der Waals surface area contributed by atoms with Crippen molar-refractivity contribution in [2.45, 2.75) is 0 Å². The quantitative estimate of drug-likeness (QED) is 0.591. The summed E-state index contributed by atoms with van der Waals surface area (Å²) in [4.78, 5) is 47.6. The summed E-state index contributed by atoms with van der Waals surface area (Å²) in [6.45, 7) is -1.06. The second-order valence-electron chi connectivity index (χ2n) is 4.97. The van der Waals surface area contributed by atoms with Gasteiger partial charge >= 0.3 is 5.97 Å². The van der Waals surface area contributed by atoms with Gasteiger partial charge in [-0.25, -0.2) is 0 Å². The van der Waals surface area contributed by atoms with Gasteiger partial charge in [-0.05, 0) is 12.1 Å². The number of nitrogens with one attached hydrogen (secondary N) is 2. The van der Waals surface area contributed by atoms with Gasteiger partial charge in [-0.15, -0.1) is 0 Å². The van der Waals surface area contributed by atoms with Gasteiger partial charge in [-0.2, -0.15) is 0 Å². The topological polar surface area (TPSA) is 114 Å². The molecule has 25 heavy (non-hydrogen) atoms. The maximum Gasteiger partial charge on any atom is 0.325 e. The molecular formula is C16H21N3O6. The number of nitrogens with zero attached hydrogens (tertiary/aromatic N) is 1. The molecule has 1 rings (SSSR count). The Balaban J connectivity index is 2.41. The van der Waals surface area contributed by atoms with Crippen molar-refractivity contribution in [2.24, 2.45) is 0 Å². The standard InChI is InChI=1S/C16H21N3O6/c1-17-13(20)9-19(2)14(21)10-25-15(22)8-18-16(23)11-6-4-5-7-12(11)24-3/h4-7H,8-10H2,1-3H3,(H,17,20)(H,18,23). The van der Waals surface area contributed by atoms with Crippen LogP contribution in [-0.4, -0.2) is 69.5 Å². The van der Waals surface area contributed by atoms with Crippen LogP contribution in [-0.2, 0) is 19.1 Å². The number of ether oxygens (including phenoxy) is 2. The molecule has 0 unspecified atom stereocenters. The van der Waals surface area contributed by atoms with Gasteiger partial charge in [0.1, 0.15) is 12.3 Å². The highest BCUT2D eigenvalue weighted by molar-refractivity contribution is 5.98. The van der Waals surface area contributed by atoms with E-state index in [0.717, 1.165) is 4.90 Å². The molecule has 0 fully saturated rings. The third-order valence-electron chi connectivity index (χ3n) is 3.19. The minimum atomic E-state index is -0.773. The van der Waals surface area contributed by atoms with E-state index in [4.69, 9.17) is 9.47 Å². The van der Waals surface area contributed by atoms with Crippen LogP contribution in [0.5, 0.6) is 5.75 Å². The average molecular weight is 351 g/mol. The maximum atomic E-state index is 12.0. The summed E-state index contributed by atoms with van der Waals surface area (Å²) in [6, 6.07) is 6.55. The van der Waals surface area contributed by atoms with Gasteiger partial charge in [-0.1, -0.05) is 12.1 Å². The van der Waals surface area contributed by atoms with Gasteiger partial charge in [0.05, 0.1) is 19.2 Å². The van der Waals surface area contributed by atoms with Crippen molar-refractivity contribution < 1.29 is 28.7 Å². The summed E-state index contributed by atoms with van der Waals surface area (Å²) in [7, 11) is 4.29. The van der Waals surface area contributed by atoms with Crippen molar-refractivity contribution in [1.82, 2.24) is 15.5 Å². The lowest BCUT2D eigenvalue weighted by Crippen LogP contribution is -2.39. The van der Waals surface area contributed by atoms with Crippen LogP contribution >= 0.6 is 0 Å². The zero-order valence-electron chi connectivity index (χ0n) is 14.3. The maximum absolute atomic E-state index is 12.0. The van der Waals surface area contributed by atoms with E-state index in [0.29, 0.717) is 5.75 Å². The van der Waals surface area contributed by atoms with E-state index in [2.05, 4.69) is 10.6 Å². The highest BCUT2D eigenvalue weighted by Gasteiger charge is 2.16. The summed E-state index contributed by atoms with van der Waals surface area (Å²) < 4.78 is 9.83. The van der Waals surface area contributed by atoms with Gasteiger partial charge in [-0.3, -0.25) is 19.2 Å². The highest BCUT2D eigenvalue weighted by atomic mass is 16.5. The molecule has 3 amide bonds. The first-order valence-corrected chi connectivity index (χ1v) is 7.40. The molecule has 0 heterocycles. The Morgan fingerprint density at radius 1 is 1.16 bits per heavy atom. The van der Waals surface area contributed by atoms with Crippen LogP contribution in [0.4, 0.5) is 0 Å². The second-order valence-corrected chi connectivity index (χ2v) is 4.97. The number of esters is 1. The fourth-order valence-electron chi connectivity index (χ4n) is 1.77. The Morgan fingerprint density at radius 2 is 1.84 bits per heavy atom. The Labute approximate surface area is 145 Å². The molecule has 2 N–H and O–H groups in total. The van der Waals surface area contributed by atoms with Crippen molar-refractivity contribution in [1.29, 1.82) is 0 Å². The lowest BCUT2D eigenvalue weighted by molar-refractivity contribution is -0.151. The number of carbonyl (C=O) groups is 4. The zero-order chi connectivity index (χ0) is 18.8. The van der Waals surface area contributed by atoms with Crippen molar-refractivity contribution in [3.8, 4) is 5.75 Å². The number of para-hydroxylation sites is 1. The van der Waals surface area contributed by atoms with E-state index in [1.807, 2.05) is 0 Å². The largest absolute Gasteiger partial charge is 0.496 e. The van der Waals surface area contributed by atoms with Crippen LogP contribution in [0, 0.1) is 0 Å². The SMILES string of the molecule is CNC(=O)CN(C)C(=O)COC(=O)CNC(=O)c1ccccc1OC. The van der Waals surface area contributed by atoms with E-state index in [1.165, 1.54) is 21.2 Å². The molecule has 0 saturated carbocycles. The van der Waals surface area contributed by atoms with E-state index < -0.39 is 30.9 Å². The molecule has 1 aromatic rings. The molecule has 136 valence electrons.